The molecular formula is C32H28N4O4S4. The number of rotatable bonds is 11. The average Bonchev–Trinajstić information content (AvgIpc) is 3.72. The van der Waals surface area contributed by atoms with Gasteiger partial charge in [-0.2, -0.15) is 0 Å². The van der Waals surface area contributed by atoms with Crippen LogP contribution in [-0.2, 0) is 25.5 Å². The Labute approximate surface area is 271 Å². The second-order valence-electron chi connectivity index (χ2n) is 10.0. The first kappa shape index (κ1) is 30.3. The van der Waals surface area contributed by atoms with Crippen LogP contribution in [0.4, 0.5) is 0 Å². The normalized spacial score (nSPS) is 19.4. The number of hydrogen-bond acceptors (Lipinski definition) is 10. The first-order chi connectivity index (χ1) is 21.5. The third-order valence-corrected chi connectivity index (χ3v) is 11.0. The molecule has 1 N–H and O–H groups in total. The van der Waals surface area contributed by atoms with Gasteiger partial charge in [-0.3, -0.25) is 9.59 Å². The predicted molar refractivity (Wildman–Crippen MR) is 175 cm³/mol. The van der Waals surface area contributed by atoms with Crippen molar-refractivity contribution in [3.63, 3.8) is 0 Å². The Bertz CT molecular complexity index is 1630. The summed E-state index contributed by atoms with van der Waals surface area (Å²) in [5.41, 5.74) is 2.31. The summed E-state index contributed by atoms with van der Waals surface area (Å²) < 4.78 is 7.10. The number of thioether (sulfide) groups is 2. The molecule has 224 valence electrons. The van der Waals surface area contributed by atoms with Gasteiger partial charge >= 0.3 is 5.97 Å². The molecule has 3 atom stereocenters. The number of fused-ring (bicyclic) bond motifs is 1. The van der Waals surface area contributed by atoms with Gasteiger partial charge in [0.1, 0.15) is 16.4 Å². The van der Waals surface area contributed by atoms with Gasteiger partial charge in [-0.1, -0.05) is 102 Å². The number of β-lactam (4-membered cyclic amide) rings is 1. The van der Waals surface area contributed by atoms with Crippen LogP contribution in [0.1, 0.15) is 27.1 Å². The quantitative estimate of drug-likeness (QED) is 0.123. The molecule has 2 aromatic heterocycles. The Morgan fingerprint density at radius 3 is 2.41 bits per heavy atom. The summed E-state index contributed by atoms with van der Waals surface area (Å²) in [6, 6.07) is 21.2. The summed E-state index contributed by atoms with van der Waals surface area (Å²) in [6.45, 7) is 1.91. The highest BCUT2D eigenvalue weighted by Crippen LogP contribution is 2.42. The highest BCUT2D eigenvalue weighted by Gasteiger charge is 2.56. The van der Waals surface area contributed by atoms with Crippen molar-refractivity contribution in [1.82, 2.24) is 20.4 Å². The molecule has 4 heterocycles. The largest absolute Gasteiger partial charge is 0.451 e. The van der Waals surface area contributed by atoms with E-state index < -0.39 is 29.5 Å². The van der Waals surface area contributed by atoms with Crippen LogP contribution in [0.25, 0.3) is 0 Å². The molecule has 2 aliphatic heterocycles. The van der Waals surface area contributed by atoms with Crippen LogP contribution in [0.5, 0.6) is 0 Å². The van der Waals surface area contributed by atoms with Crippen molar-refractivity contribution in [3.05, 3.63) is 122 Å². The van der Waals surface area contributed by atoms with Gasteiger partial charge in [0.15, 0.2) is 16.5 Å². The van der Waals surface area contributed by atoms with Crippen molar-refractivity contribution in [2.24, 2.45) is 0 Å². The van der Waals surface area contributed by atoms with Crippen LogP contribution in [0.15, 0.2) is 106 Å². The van der Waals surface area contributed by atoms with Crippen molar-refractivity contribution in [2.75, 3.05) is 5.75 Å². The summed E-state index contributed by atoms with van der Waals surface area (Å²) in [5.74, 6) is -0.448. The maximum Gasteiger partial charge on any atom is 0.334 e. The summed E-state index contributed by atoms with van der Waals surface area (Å²) in [7, 11) is 0. The molecule has 44 heavy (non-hydrogen) atoms. The molecular weight excluding hydrogens is 633 g/mol. The molecule has 4 aromatic rings. The van der Waals surface area contributed by atoms with Crippen LogP contribution in [0, 0.1) is 6.92 Å². The molecule has 2 aliphatic rings. The Morgan fingerprint density at radius 2 is 1.77 bits per heavy atom. The van der Waals surface area contributed by atoms with Crippen LogP contribution >= 0.6 is 46.2 Å². The molecule has 8 nitrogen and oxygen atoms in total. The number of aromatic nitrogens is 2. The number of thiophene rings is 1. The molecule has 0 spiro atoms. The molecule has 0 radical (unpaired) electrons. The fourth-order valence-electron chi connectivity index (χ4n) is 4.99. The molecule has 12 heteroatoms. The Hall–Kier alpha value is -3.71. The predicted octanol–water partition coefficient (Wildman–Crippen LogP) is 5.78. The van der Waals surface area contributed by atoms with Gasteiger partial charge < -0.3 is 15.0 Å². The zero-order valence-electron chi connectivity index (χ0n) is 23.6. The SMILES string of the molecule is Cc1nnc(SC/C=C/C2=CS[C@@H]3[C@H](NC(=O)Cc4cccs4)C(=O)N3[C@H]2C(=O)OC(c2ccccc2)c2ccccc2)s1. The second kappa shape index (κ2) is 13.9. The van der Waals surface area contributed by atoms with Crippen molar-refractivity contribution in [3.8, 4) is 0 Å². The topological polar surface area (TPSA) is 101 Å². The lowest BCUT2D eigenvalue weighted by molar-refractivity contribution is -0.165. The van der Waals surface area contributed by atoms with Gasteiger partial charge in [-0.25, -0.2) is 4.79 Å². The first-order valence-electron chi connectivity index (χ1n) is 13.9. The van der Waals surface area contributed by atoms with E-state index in [0.717, 1.165) is 25.4 Å². The van der Waals surface area contributed by atoms with Gasteiger partial charge in [0.05, 0.1) is 6.42 Å². The number of carbonyl (C=O) groups excluding carboxylic acids is 3. The fraction of sp³-hybridized carbons (Fsp3) is 0.219. The fourth-order valence-corrected chi connectivity index (χ4v) is 8.55. The average molecular weight is 661 g/mol. The number of nitrogens with zero attached hydrogens (tertiary/aromatic N) is 3. The number of hydrogen-bond donors (Lipinski definition) is 1. The van der Waals surface area contributed by atoms with Gasteiger partial charge in [0.25, 0.3) is 0 Å². The number of benzene rings is 2. The molecule has 0 unspecified atom stereocenters. The van der Waals surface area contributed by atoms with Crippen molar-refractivity contribution in [2.45, 2.75) is 41.2 Å². The zero-order valence-corrected chi connectivity index (χ0v) is 26.8. The highest BCUT2D eigenvalue weighted by atomic mass is 32.2. The van der Waals surface area contributed by atoms with E-state index >= 15 is 0 Å². The molecule has 2 amide bonds. The minimum absolute atomic E-state index is 0.204. The number of carbonyl (C=O) groups is 3. The lowest BCUT2D eigenvalue weighted by Gasteiger charge is -2.51. The maximum absolute atomic E-state index is 14.1. The van der Waals surface area contributed by atoms with Gasteiger partial charge in [0, 0.05) is 10.6 Å². The van der Waals surface area contributed by atoms with Gasteiger partial charge in [-0.15, -0.1) is 33.3 Å². The number of esters is 1. The summed E-state index contributed by atoms with van der Waals surface area (Å²) >= 11 is 5.99. The van der Waals surface area contributed by atoms with Crippen molar-refractivity contribution in [1.29, 1.82) is 0 Å². The van der Waals surface area contributed by atoms with Crippen LogP contribution < -0.4 is 5.32 Å². The monoisotopic (exact) mass is 660 g/mol. The van der Waals surface area contributed by atoms with E-state index in [1.165, 1.54) is 39.3 Å². The third kappa shape index (κ3) is 6.83. The van der Waals surface area contributed by atoms with E-state index in [1.54, 1.807) is 11.8 Å². The summed E-state index contributed by atoms with van der Waals surface area (Å²) in [5, 5.41) is 15.4. The Kier molecular flexibility index (Phi) is 9.60. The molecule has 6 rings (SSSR count). The molecule has 0 aliphatic carbocycles. The van der Waals surface area contributed by atoms with E-state index in [4.69, 9.17) is 4.74 Å². The standard InChI is InChI=1S/C32H28N4O4S4/c1-20-34-35-32(44-20)42-17-8-14-23-19-43-30-26(33-25(37)18-24-15-9-16-41-24)29(38)36(30)27(23)31(39)40-28(21-10-4-2-5-11-21)22-12-6-3-7-13-22/h2-16,19,26-28,30H,17-18H2,1H3,(H,33,37)/b14-8+/t26-,27-,30-/m1/s1. The first-order valence-corrected chi connectivity index (χ1v) is 17.5. The van der Waals surface area contributed by atoms with E-state index in [0.29, 0.717) is 11.3 Å². The highest BCUT2D eigenvalue weighted by molar-refractivity contribution is 8.03. The lowest BCUT2D eigenvalue weighted by atomic mass is 9.96. The zero-order chi connectivity index (χ0) is 30.5. The number of aryl methyl sites for hydroxylation is 1. The molecule has 0 bridgehead atoms. The molecule has 1 saturated heterocycles. The Morgan fingerprint density at radius 1 is 1.05 bits per heavy atom. The smallest absolute Gasteiger partial charge is 0.334 e. The minimum atomic E-state index is -0.959. The third-order valence-electron chi connectivity index (χ3n) is 7.03. The number of amides is 2. The summed E-state index contributed by atoms with van der Waals surface area (Å²) in [6.07, 6.45) is 3.36. The summed E-state index contributed by atoms with van der Waals surface area (Å²) in [4.78, 5) is 42.9. The van der Waals surface area contributed by atoms with Crippen molar-refractivity contribution < 1.29 is 19.1 Å². The van der Waals surface area contributed by atoms with Crippen LogP contribution in [0.3, 0.4) is 0 Å². The lowest BCUT2D eigenvalue weighted by Crippen LogP contribution is -2.74. The second-order valence-corrected chi connectivity index (χ2v) is 14.5. The molecule has 1 fully saturated rings. The van der Waals surface area contributed by atoms with E-state index in [9.17, 15) is 14.4 Å². The van der Waals surface area contributed by atoms with Crippen LogP contribution in [-0.4, -0.2) is 56.1 Å². The molecule has 2 aromatic carbocycles. The number of nitrogens with one attached hydrogen (secondary N) is 1. The maximum atomic E-state index is 14.1. The van der Waals surface area contributed by atoms with Crippen molar-refractivity contribution >= 4 is 64.0 Å². The van der Waals surface area contributed by atoms with E-state index in [1.807, 2.05) is 103 Å². The minimum Gasteiger partial charge on any atom is -0.451 e. The molecule has 0 saturated carbocycles. The van der Waals surface area contributed by atoms with E-state index in [2.05, 4.69) is 15.5 Å². The number of ether oxygens (including phenoxy) is 1. The van der Waals surface area contributed by atoms with Gasteiger partial charge in [-0.05, 0) is 40.5 Å². The van der Waals surface area contributed by atoms with Gasteiger partial charge in [0.2, 0.25) is 11.8 Å². The van der Waals surface area contributed by atoms with E-state index in [-0.39, 0.29) is 18.2 Å². The Balaban J connectivity index is 1.23. The van der Waals surface area contributed by atoms with Crippen LogP contribution in [0.2, 0.25) is 0 Å².